The van der Waals surface area contributed by atoms with E-state index >= 15 is 0 Å². The van der Waals surface area contributed by atoms with Gasteiger partial charge in [0.05, 0.1) is 10.1 Å². The zero-order chi connectivity index (χ0) is 16.2. The minimum Gasteiger partial charge on any atom is -0.326 e. The molecule has 1 aromatic carbocycles. The molecule has 0 aliphatic carbocycles. The van der Waals surface area contributed by atoms with Gasteiger partial charge in [0.2, 0.25) is 5.91 Å². The number of aryl methyl sites for hydroxylation is 1. The Hall–Kier alpha value is -1.99. The van der Waals surface area contributed by atoms with Crippen molar-refractivity contribution in [2.24, 2.45) is 4.99 Å². The summed E-state index contributed by atoms with van der Waals surface area (Å²) in [5.74, 6) is -0.412. The van der Waals surface area contributed by atoms with E-state index in [1.54, 1.807) is 11.3 Å². The molecule has 0 bridgehead atoms. The van der Waals surface area contributed by atoms with Crippen LogP contribution in [0.1, 0.15) is 17.1 Å². The average molecular weight is 345 g/mol. The van der Waals surface area contributed by atoms with Gasteiger partial charge in [0.25, 0.3) is 5.91 Å². The van der Waals surface area contributed by atoms with E-state index in [2.05, 4.69) is 15.3 Å². The molecule has 1 aliphatic heterocycles. The first kappa shape index (κ1) is 15.9. The summed E-state index contributed by atoms with van der Waals surface area (Å²) >= 11 is 2.93. The Labute approximate surface area is 142 Å². The number of para-hydroxylation sites is 1. The van der Waals surface area contributed by atoms with Gasteiger partial charge in [-0.1, -0.05) is 30.0 Å². The average Bonchev–Trinajstić information content (AvgIpc) is 3.06. The fourth-order valence-electron chi connectivity index (χ4n) is 2.16. The van der Waals surface area contributed by atoms with Crippen molar-refractivity contribution in [3.05, 3.63) is 46.4 Å². The van der Waals surface area contributed by atoms with E-state index in [0.29, 0.717) is 6.42 Å². The molecule has 5 nitrogen and oxygen atoms in total. The summed E-state index contributed by atoms with van der Waals surface area (Å²) in [6.07, 6.45) is 0.689. The number of nitrogens with one attached hydrogen (secondary N) is 1. The van der Waals surface area contributed by atoms with E-state index in [1.165, 1.54) is 11.8 Å². The Morgan fingerprint density at radius 2 is 2.09 bits per heavy atom. The first-order valence-electron chi connectivity index (χ1n) is 7.14. The van der Waals surface area contributed by atoms with Crippen molar-refractivity contribution in [3.8, 4) is 0 Å². The molecule has 0 spiro atoms. The molecular weight excluding hydrogens is 330 g/mol. The maximum Gasteiger partial charge on any atom is 0.260 e. The number of carbonyl (C=O) groups excluding carboxylic acids is 2. The fraction of sp³-hybridized carbons (Fsp3) is 0.250. The van der Waals surface area contributed by atoms with Crippen LogP contribution in [0, 0.1) is 6.92 Å². The maximum absolute atomic E-state index is 12.0. The van der Waals surface area contributed by atoms with Gasteiger partial charge in [-0.25, -0.2) is 9.98 Å². The third-order valence-electron chi connectivity index (χ3n) is 3.19. The van der Waals surface area contributed by atoms with E-state index in [4.69, 9.17) is 0 Å². The number of aromatic nitrogens is 1. The van der Waals surface area contributed by atoms with Crippen molar-refractivity contribution in [2.75, 3.05) is 5.32 Å². The highest BCUT2D eigenvalue weighted by atomic mass is 32.2. The highest BCUT2D eigenvalue weighted by Gasteiger charge is 2.30. The van der Waals surface area contributed by atoms with Crippen molar-refractivity contribution in [3.63, 3.8) is 0 Å². The quantitative estimate of drug-likeness (QED) is 0.904. The Morgan fingerprint density at radius 1 is 1.30 bits per heavy atom. The smallest absolute Gasteiger partial charge is 0.260 e. The van der Waals surface area contributed by atoms with Crippen LogP contribution in [0.2, 0.25) is 0 Å². The van der Waals surface area contributed by atoms with Crippen molar-refractivity contribution in [2.45, 2.75) is 25.0 Å². The molecule has 0 radical (unpaired) electrons. The third-order valence-corrected chi connectivity index (χ3v) is 5.31. The summed E-state index contributed by atoms with van der Waals surface area (Å²) in [6, 6.07) is 9.21. The molecule has 0 saturated heterocycles. The molecule has 1 aromatic heterocycles. The van der Waals surface area contributed by atoms with Gasteiger partial charge in [-0.2, -0.15) is 0 Å². The zero-order valence-electron chi connectivity index (χ0n) is 12.5. The number of amides is 2. The van der Waals surface area contributed by atoms with Crippen LogP contribution < -0.4 is 5.32 Å². The molecule has 1 aliphatic rings. The predicted octanol–water partition coefficient (Wildman–Crippen LogP) is 3.06. The fourth-order valence-corrected chi connectivity index (χ4v) is 4.11. The third kappa shape index (κ3) is 4.27. The second-order valence-corrected chi connectivity index (χ2v) is 7.35. The summed E-state index contributed by atoms with van der Waals surface area (Å²) in [4.78, 5) is 32.4. The van der Waals surface area contributed by atoms with Gasteiger partial charge < -0.3 is 5.32 Å². The lowest BCUT2D eigenvalue weighted by molar-refractivity contribution is -0.121. The van der Waals surface area contributed by atoms with Gasteiger partial charge in [0.1, 0.15) is 5.25 Å². The van der Waals surface area contributed by atoms with Gasteiger partial charge in [-0.05, 0) is 19.1 Å². The monoisotopic (exact) mass is 345 g/mol. The van der Waals surface area contributed by atoms with Crippen LogP contribution in [-0.2, 0) is 16.0 Å². The van der Waals surface area contributed by atoms with Gasteiger partial charge in [0, 0.05) is 29.6 Å². The molecular formula is C16H15N3O2S2. The second kappa shape index (κ2) is 7.06. The van der Waals surface area contributed by atoms with Crippen LogP contribution in [0.25, 0.3) is 0 Å². The van der Waals surface area contributed by atoms with E-state index in [0.717, 1.165) is 21.4 Å². The van der Waals surface area contributed by atoms with Crippen LogP contribution in [0.15, 0.2) is 40.7 Å². The van der Waals surface area contributed by atoms with Crippen LogP contribution >= 0.6 is 23.1 Å². The zero-order valence-corrected chi connectivity index (χ0v) is 14.1. The van der Waals surface area contributed by atoms with E-state index in [1.807, 2.05) is 42.6 Å². The molecule has 0 unspecified atom stereocenters. The predicted molar refractivity (Wildman–Crippen MR) is 94.1 cm³/mol. The molecule has 0 fully saturated rings. The molecule has 1 N–H and O–H groups in total. The number of hydrogen-bond donors (Lipinski definition) is 1. The van der Waals surface area contributed by atoms with Crippen LogP contribution in [-0.4, -0.2) is 27.1 Å². The van der Waals surface area contributed by atoms with Gasteiger partial charge in [-0.3, -0.25) is 9.59 Å². The first-order chi connectivity index (χ1) is 11.1. The van der Waals surface area contributed by atoms with E-state index < -0.39 is 5.25 Å². The summed E-state index contributed by atoms with van der Waals surface area (Å²) in [5, 5.41) is 6.01. The van der Waals surface area contributed by atoms with Crippen molar-refractivity contribution < 1.29 is 9.59 Å². The van der Waals surface area contributed by atoms with Crippen LogP contribution in [0.4, 0.5) is 5.69 Å². The SMILES string of the molecule is Cc1csc(CC2=NC(=O)[C@@H](CC(=O)Nc3ccccc3)S2)n1. The Balaban J connectivity index is 1.54. The topological polar surface area (TPSA) is 71.4 Å². The molecule has 2 amide bonds. The lowest BCUT2D eigenvalue weighted by Gasteiger charge is -2.08. The number of benzene rings is 1. The molecule has 7 heteroatoms. The van der Waals surface area contributed by atoms with Crippen LogP contribution in [0.3, 0.4) is 0 Å². The van der Waals surface area contributed by atoms with Gasteiger partial charge in [0.15, 0.2) is 0 Å². The number of hydrogen-bond acceptors (Lipinski definition) is 5. The molecule has 23 heavy (non-hydrogen) atoms. The van der Waals surface area contributed by atoms with E-state index in [9.17, 15) is 9.59 Å². The highest BCUT2D eigenvalue weighted by molar-refractivity contribution is 8.15. The number of thioether (sulfide) groups is 1. The lowest BCUT2D eigenvalue weighted by atomic mass is 10.2. The largest absolute Gasteiger partial charge is 0.326 e. The minimum atomic E-state index is -0.435. The number of anilines is 1. The number of carbonyl (C=O) groups is 2. The molecule has 2 heterocycles. The van der Waals surface area contributed by atoms with E-state index in [-0.39, 0.29) is 18.2 Å². The van der Waals surface area contributed by atoms with Gasteiger partial charge in [-0.15, -0.1) is 11.3 Å². The maximum atomic E-state index is 12.0. The summed E-state index contributed by atoms with van der Waals surface area (Å²) in [5.41, 5.74) is 1.70. The summed E-state index contributed by atoms with van der Waals surface area (Å²) in [6.45, 7) is 1.94. The first-order valence-corrected chi connectivity index (χ1v) is 8.90. The number of aliphatic imine (C=N–C) groups is 1. The molecule has 3 rings (SSSR count). The summed E-state index contributed by atoms with van der Waals surface area (Å²) in [7, 11) is 0. The van der Waals surface area contributed by atoms with Crippen molar-refractivity contribution in [1.29, 1.82) is 0 Å². The molecule has 1 atom stereocenters. The number of rotatable bonds is 5. The summed E-state index contributed by atoms with van der Waals surface area (Å²) < 4.78 is 0. The normalized spacial score (nSPS) is 17.2. The van der Waals surface area contributed by atoms with Crippen molar-refractivity contribution >= 4 is 45.6 Å². The number of nitrogens with zero attached hydrogens (tertiary/aromatic N) is 2. The van der Waals surface area contributed by atoms with Crippen molar-refractivity contribution in [1.82, 2.24) is 4.98 Å². The molecule has 2 aromatic rings. The van der Waals surface area contributed by atoms with Gasteiger partial charge >= 0.3 is 0 Å². The lowest BCUT2D eigenvalue weighted by Crippen LogP contribution is -2.21. The second-order valence-electron chi connectivity index (χ2n) is 5.13. The highest BCUT2D eigenvalue weighted by Crippen LogP contribution is 2.28. The Bertz CT molecular complexity index is 756. The Morgan fingerprint density at radius 3 is 2.78 bits per heavy atom. The molecule has 0 saturated carbocycles. The minimum absolute atomic E-state index is 0.127. The number of thiazole rings is 1. The van der Waals surface area contributed by atoms with Crippen LogP contribution in [0.5, 0.6) is 0 Å². The Kier molecular flexibility index (Phi) is 4.88. The molecule has 118 valence electrons. The standard InChI is InChI=1S/C16H15N3O2S2/c1-10-9-22-14(17-10)8-15-19-16(21)12(23-15)7-13(20)18-11-5-3-2-4-6-11/h2-6,9,12H,7-8H2,1H3,(H,18,20)/t12-/m1/s1.